The van der Waals surface area contributed by atoms with Gasteiger partial charge in [-0.1, -0.05) is 163 Å². The Balaban J connectivity index is 0.000000155. The second kappa shape index (κ2) is 47.2. The number of carbonyl (C=O) groups excluding carboxylic acids is 15. The molecule has 13 unspecified atom stereocenters. The average Bonchev–Trinajstić information content (AvgIpc) is 1.64. The van der Waals surface area contributed by atoms with E-state index in [-0.39, 0.29) is 119 Å². The molecule has 736 valence electrons. The third kappa shape index (κ3) is 24.1. The molecule has 6 aromatic carbocycles. The van der Waals surface area contributed by atoms with Crippen LogP contribution < -0.4 is 53.2 Å². The largest absolute Gasteiger partial charge is 0.347 e. The smallest absolute Gasteiger partial charge is 0.247 e. The predicted molar refractivity (Wildman–Crippen MR) is 522 cm³/mol. The normalized spacial score (nSPS) is 25.5. The van der Waals surface area contributed by atoms with Crippen LogP contribution in [0, 0.1) is 17.8 Å². The van der Waals surface area contributed by atoms with Crippen LogP contribution in [0.3, 0.4) is 0 Å². The Morgan fingerprint density at radius 3 is 1.08 bits per heavy atom. The summed E-state index contributed by atoms with van der Waals surface area (Å²) in [6, 6.07) is 37.4. The molecular formula is C105H141N17O15. The summed E-state index contributed by atoms with van der Waals surface area (Å²) in [7, 11) is 1.53. The Morgan fingerprint density at radius 2 is 0.686 bits per heavy atom. The van der Waals surface area contributed by atoms with E-state index >= 15 is 0 Å². The SMILES string of the molecule is CC(=O)N(C)[C@@H](C)C(=O)NC1CCCN(C(C)=O)[C@H]2CCC(C(=O)Nc3cccc4ccccc34)N2C1=O.CC[C@@H](C)C(=O)NC1CCCN(C(C)=O)C2CCC(C(=O)NC3CCCc4ccccc43)N2C1=O.CC[C@@H](C)C(=O)NC1CCCNC2CCC(C(=O)NC3CCCc4ccccc43)N2C1=O.CC[C@@H](C)C(=O)NC1CCCNC2CCC(C(=O)Nc3cccc4ccccc34)N2C1=O. The molecule has 0 aromatic heterocycles. The number of fused-ring (bicyclic) bond motifs is 8. The Hall–Kier alpha value is -12.2. The second-order valence-electron chi connectivity index (χ2n) is 38.6. The van der Waals surface area contributed by atoms with Crippen molar-refractivity contribution >= 4 is 122 Å². The van der Waals surface area contributed by atoms with Gasteiger partial charge in [0.15, 0.2) is 0 Å². The maximum atomic E-state index is 13.9. The van der Waals surface area contributed by atoms with Crippen molar-refractivity contribution in [3.8, 4) is 0 Å². The minimum Gasteiger partial charge on any atom is -0.347 e. The Morgan fingerprint density at radius 1 is 0.358 bits per heavy atom. The fourth-order valence-electron chi connectivity index (χ4n) is 21.0. The van der Waals surface area contributed by atoms with Gasteiger partial charge in [-0.25, -0.2) is 0 Å². The lowest BCUT2D eigenvalue weighted by molar-refractivity contribution is -0.153. The van der Waals surface area contributed by atoms with Gasteiger partial charge in [-0.05, 0) is 226 Å². The summed E-state index contributed by atoms with van der Waals surface area (Å²) in [5.41, 5.74) is 6.27. The summed E-state index contributed by atoms with van der Waals surface area (Å²) >= 11 is 0. The van der Waals surface area contributed by atoms with Gasteiger partial charge in [0.2, 0.25) is 88.6 Å². The van der Waals surface area contributed by atoms with E-state index in [2.05, 4.69) is 77.4 Å². The second-order valence-corrected chi connectivity index (χ2v) is 38.6. The van der Waals surface area contributed by atoms with Gasteiger partial charge in [-0.15, -0.1) is 0 Å². The number of benzene rings is 6. The van der Waals surface area contributed by atoms with Crippen molar-refractivity contribution < 1.29 is 71.9 Å². The van der Waals surface area contributed by atoms with E-state index in [0.29, 0.717) is 109 Å². The summed E-state index contributed by atoms with van der Waals surface area (Å²) in [6.45, 7) is 19.8. The minimum atomic E-state index is -0.868. The van der Waals surface area contributed by atoms with Crippen LogP contribution in [0.4, 0.5) is 11.4 Å². The van der Waals surface area contributed by atoms with Crippen molar-refractivity contribution in [2.75, 3.05) is 43.9 Å². The maximum absolute atomic E-state index is 13.9. The molecule has 0 bridgehead atoms. The van der Waals surface area contributed by atoms with Crippen LogP contribution in [0.25, 0.3) is 21.5 Å². The average molecular weight is 1880 g/mol. The molecule has 10 aliphatic rings. The number of carbonyl (C=O) groups is 15. The highest BCUT2D eigenvalue weighted by atomic mass is 16.2. The van der Waals surface area contributed by atoms with Gasteiger partial charge in [-0.2, -0.15) is 0 Å². The first-order chi connectivity index (χ1) is 65.9. The van der Waals surface area contributed by atoms with Crippen LogP contribution in [-0.4, -0.2) is 235 Å². The van der Waals surface area contributed by atoms with Crippen molar-refractivity contribution in [2.24, 2.45) is 17.8 Å². The molecule has 0 radical (unpaired) electrons. The predicted octanol–water partition coefficient (Wildman–Crippen LogP) is 10.2. The molecule has 8 fully saturated rings. The van der Waals surface area contributed by atoms with Crippen molar-refractivity contribution in [3.05, 3.63) is 156 Å². The first kappa shape index (κ1) is 102. The minimum absolute atomic E-state index is 0.00906. The molecule has 15 amide bonds. The van der Waals surface area contributed by atoms with Crippen molar-refractivity contribution in [1.82, 2.24) is 76.8 Å². The van der Waals surface area contributed by atoms with E-state index in [1.54, 1.807) is 31.4 Å². The lowest BCUT2D eigenvalue weighted by Gasteiger charge is -2.41. The monoisotopic (exact) mass is 1880 g/mol. The molecule has 32 heteroatoms. The molecule has 8 aliphatic heterocycles. The molecule has 6 aromatic rings. The third-order valence-electron chi connectivity index (χ3n) is 29.7. The molecule has 10 N–H and O–H groups in total. The van der Waals surface area contributed by atoms with E-state index in [1.165, 1.54) is 54.3 Å². The van der Waals surface area contributed by atoms with Crippen molar-refractivity contribution in [1.29, 1.82) is 0 Å². The lowest BCUT2D eigenvalue weighted by atomic mass is 9.87. The first-order valence-corrected chi connectivity index (χ1v) is 50.0. The summed E-state index contributed by atoms with van der Waals surface area (Å²) in [5.74, 6) is -3.56. The van der Waals surface area contributed by atoms with Crippen LogP contribution in [0.5, 0.6) is 0 Å². The molecule has 18 atom stereocenters. The zero-order chi connectivity index (χ0) is 98.0. The lowest BCUT2D eigenvalue weighted by Crippen LogP contribution is -2.61. The number of anilines is 2. The number of rotatable bonds is 20. The zero-order valence-corrected chi connectivity index (χ0v) is 81.4. The van der Waals surface area contributed by atoms with Crippen LogP contribution >= 0.6 is 0 Å². The standard InChI is InChI=1S/C28H35N5O5.C27H38N4O4.C25H36N4O3.C25H32N4O3/c1-17(31(4)18(2)34)26(36)30-23-13-8-16-32(19(3)35)25-15-14-24(33(25)28(23)38)27(37)29-22-12-7-10-20-9-5-6-11-21(20)22;1-4-17(2)25(33)29-22-13-8-16-30(18(3)32)24-15-14-23(31(24)27(22)35)26(34)28-21-12-7-10-19-9-5-6-11-20(19)21;2*1-3-16(2)23(30)28-20-12-7-15-26-22-14-13-21(29(22)25(20)32)24(31)27-19-11-6-9-17-8-4-5-10-18(17)19/h5-7,9-12,17,23-25H,8,13-16H2,1-4H3,(H,29,37)(H,30,36);5-6,9,11,17,21-24H,4,7-8,10,12-16H2,1-3H3,(H,28,34)(H,29,33);4-5,8,10,16,19-22,26H,3,6-7,9,11-15H2,1-2H3,(H,27,31)(H,28,30);4-6,8-11,16,20-22,26H,3,7,12-15H2,1-2H3,(H,27,31)(H,28,30)/t17-,23?,24?,25+;17-,21?,22?,23?,24?;16-,19?,20?,21?,22?;16-,20?,21?,22?/m0111/s1. The van der Waals surface area contributed by atoms with Crippen LogP contribution in [0.15, 0.2) is 133 Å². The molecule has 0 saturated carbocycles. The number of nitrogens with zero attached hydrogens (tertiary/aromatic N) is 7. The third-order valence-corrected chi connectivity index (χ3v) is 29.7. The quantitative estimate of drug-likeness (QED) is 0.0339. The summed E-state index contributed by atoms with van der Waals surface area (Å²) in [5, 5.41) is 34.9. The van der Waals surface area contributed by atoms with Crippen molar-refractivity contribution in [2.45, 2.75) is 321 Å². The van der Waals surface area contributed by atoms with Gasteiger partial charge in [-0.3, -0.25) is 82.6 Å². The van der Waals surface area contributed by atoms with E-state index in [9.17, 15) is 71.9 Å². The maximum Gasteiger partial charge on any atom is 0.247 e. The number of hydrogen-bond acceptors (Lipinski definition) is 17. The summed E-state index contributed by atoms with van der Waals surface area (Å²) < 4.78 is 0. The van der Waals surface area contributed by atoms with Gasteiger partial charge >= 0.3 is 0 Å². The van der Waals surface area contributed by atoms with E-state index in [4.69, 9.17) is 0 Å². The molecule has 8 heterocycles. The molecular weight excluding hydrogens is 1740 g/mol. The zero-order valence-electron chi connectivity index (χ0n) is 81.4. The number of likely N-dealkylation sites (N-methyl/N-ethyl adjacent to an activating group) is 1. The Bertz CT molecular complexity index is 5390. The molecule has 32 nitrogen and oxygen atoms in total. The fraction of sp³-hybridized carbons (Fsp3) is 0.552. The van der Waals surface area contributed by atoms with E-state index in [1.807, 2.05) is 151 Å². The summed E-state index contributed by atoms with van der Waals surface area (Å²) in [4.78, 5) is 207. The van der Waals surface area contributed by atoms with Crippen LogP contribution in [0.1, 0.15) is 251 Å². The van der Waals surface area contributed by atoms with E-state index in [0.717, 1.165) is 117 Å². The summed E-state index contributed by atoms with van der Waals surface area (Å²) in [6.07, 6.45) is 15.9. The first-order valence-electron chi connectivity index (χ1n) is 50.0. The molecule has 8 saturated heterocycles. The number of nitrogens with one attached hydrogen (secondary N) is 10. The molecule has 2 aliphatic carbocycles. The molecule has 16 rings (SSSR count). The van der Waals surface area contributed by atoms with Crippen molar-refractivity contribution in [3.63, 3.8) is 0 Å². The van der Waals surface area contributed by atoms with Gasteiger partial charge < -0.3 is 76.8 Å². The number of aryl methyl sites for hydroxylation is 2. The topological polar surface area (TPSA) is 399 Å². The van der Waals surface area contributed by atoms with Gasteiger partial charge in [0.1, 0.15) is 66.7 Å². The highest BCUT2D eigenvalue weighted by Crippen LogP contribution is 2.39. The van der Waals surface area contributed by atoms with Crippen LogP contribution in [-0.2, 0) is 84.8 Å². The fourth-order valence-corrected chi connectivity index (χ4v) is 21.0. The van der Waals surface area contributed by atoms with Gasteiger partial charge in [0.25, 0.3) is 0 Å². The Kier molecular flexibility index (Phi) is 35.2. The van der Waals surface area contributed by atoms with Gasteiger partial charge in [0, 0.05) is 80.8 Å². The van der Waals surface area contributed by atoms with Crippen LogP contribution in [0.2, 0.25) is 0 Å². The number of amides is 15. The molecule has 0 spiro atoms. The van der Waals surface area contributed by atoms with E-state index < -0.39 is 78.5 Å². The highest BCUT2D eigenvalue weighted by Gasteiger charge is 2.52. The Labute approximate surface area is 804 Å². The number of hydrogen-bond donors (Lipinski definition) is 10. The highest BCUT2D eigenvalue weighted by molar-refractivity contribution is 6.07. The molecule has 137 heavy (non-hydrogen) atoms. The van der Waals surface area contributed by atoms with Gasteiger partial charge in [0.05, 0.1) is 24.4 Å².